The van der Waals surface area contributed by atoms with Crippen molar-refractivity contribution in [2.24, 2.45) is 0 Å². The van der Waals surface area contributed by atoms with Crippen LogP contribution in [0.3, 0.4) is 0 Å². The van der Waals surface area contributed by atoms with Crippen LogP contribution in [0, 0.1) is 6.92 Å². The van der Waals surface area contributed by atoms with Gasteiger partial charge in [0.2, 0.25) is 5.82 Å². The van der Waals surface area contributed by atoms with Crippen molar-refractivity contribution in [2.75, 3.05) is 0 Å². The molecule has 0 aliphatic rings. The van der Waals surface area contributed by atoms with Crippen LogP contribution in [0.5, 0.6) is 0 Å². The Kier molecular flexibility index (Phi) is 2.41. The van der Waals surface area contributed by atoms with Crippen molar-refractivity contribution in [1.29, 1.82) is 0 Å². The molecule has 0 spiro atoms. The summed E-state index contributed by atoms with van der Waals surface area (Å²) in [7, 11) is 0. The minimum absolute atomic E-state index is 0.0505. The van der Waals surface area contributed by atoms with Crippen LogP contribution in [0.4, 0.5) is 13.2 Å². The van der Waals surface area contributed by atoms with Gasteiger partial charge in [-0.1, -0.05) is 29.4 Å². The average Bonchev–Trinajstić information content (AvgIpc) is 2.66. The normalized spacial score (nSPS) is 11.8. The van der Waals surface area contributed by atoms with Gasteiger partial charge >= 0.3 is 12.1 Å². The fraction of sp³-hybridized carbons (Fsp3) is 0.200. The molecule has 0 unspecified atom stereocenters. The van der Waals surface area contributed by atoms with Crippen LogP contribution in [-0.4, -0.2) is 10.1 Å². The van der Waals surface area contributed by atoms with Crippen LogP contribution in [0.25, 0.3) is 11.4 Å². The zero-order valence-corrected chi connectivity index (χ0v) is 8.25. The SMILES string of the molecule is Cc1ccccc1-c1noc(C(F)(F)F)n1. The minimum Gasteiger partial charge on any atom is -0.329 e. The van der Waals surface area contributed by atoms with E-state index in [0.29, 0.717) is 5.56 Å². The first-order valence-electron chi connectivity index (χ1n) is 4.45. The fourth-order valence-corrected chi connectivity index (χ4v) is 1.27. The van der Waals surface area contributed by atoms with E-state index in [-0.39, 0.29) is 5.82 Å². The molecule has 6 heteroatoms. The molecule has 0 N–H and O–H groups in total. The Morgan fingerprint density at radius 3 is 2.44 bits per heavy atom. The highest BCUT2D eigenvalue weighted by Crippen LogP contribution is 2.29. The molecule has 2 aromatic rings. The first-order chi connectivity index (χ1) is 7.48. The summed E-state index contributed by atoms with van der Waals surface area (Å²) in [5, 5.41) is 3.31. The molecule has 0 saturated carbocycles. The zero-order chi connectivity index (χ0) is 11.8. The van der Waals surface area contributed by atoms with E-state index in [9.17, 15) is 13.2 Å². The van der Waals surface area contributed by atoms with Gasteiger partial charge in [-0.15, -0.1) is 0 Å². The number of rotatable bonds is 1. The van der Waals surface area contributed by atoms with Crippen molar-refractivity contribution >= 4 is 0 Å². The maximum atomic E-state index is 12.2. The predicted octanol–water partition coefficient (Wildman–Crippen LogP) is 3.06. The summed E-state index contributed by atoms with van der Waals surface area (Å²) in [5.41, 5.74) is 1.32. The van der Waals surface area contributed by atoms with E-state index in [1.54, 1.807) is 31.2 Å². The number of benzene rings is 1. The number of aromatic nitrogens is 2. The van der Waals surface area contributed by atoms with Crippen LogP contribution in [0.15, 0.2) is 28.8 Å². The minimum atomic E-state index is -4.60. The molecule has 1 aromatic heterocycles. The van der Waals surface area contributed by atoms with Crippen LogP contribution >= 0.6 is 0 Å². The quantitative estimate of drug-likeness (QED) is 0.752. The number of aryl methyl sites for hydroxylation is 1. The largest absolute Gasteiger partial charge is 0.471 e. The Balaban J connectivity index is 2.44. The monoisotopic (exact) mass is 228 g/mol. The topological polar surface area (TPSA) is 38.9 Å². The van der Waals surface area contributed by atoms with Gasteiger partial charge in [0.25, 0.3) is 0 Å². The van der Waals surface area contributed by atoms with E-state index in [1.807, 2.05) is 0 Å². The Bertz CT molecular complexity index is 505. The first-order valence-corrected chi connectivity index (χ1v) is 4.45. The highest BCUT2D eigenvalue weighted by atomic mass is 19.4. The van der Waals surface area contributed by atoms with E-state index >= 15 is 0 Å². The van der Waals surface area contributed by atoms with Gasteiger partial charge in [-0.05, 0) is 12.5 Å². The van der Waals surface area contributed by atoms with Gasteiger partial charge in [0.05, 0.1) is 0 Å². The van der Waals surface area contributed by atoms with Gasteiger partial charge in [0.15, 0.2) is 0 Å². The second-order valence-corrected chi connectivity index (χ2v) is 3.24. The molecule has 0 aliphatic carbocycles. The Morgan fingerprint density at radius 1 is 1.19 bits per heavy atom. The highest BCUT2D eigenvalue weighted by molar-refractivity contribution is 5.58. The van der Waals surface area contributed by atoms with Crippen molar-refractivity contribution in [3.8, 4) is 11.4 Å². The number of hydrogen-bond acceptors (Lipinski definition) is 3. The molecule has 84 valence electrons. The number of alkyl halides is 3. The Hall–Kier alpha value is -1.85. The predicted molar refractivity (Wildman–Crippen MR) is 49.5 cm³/mol. The van der Waals surface area contributed by atoms with E-state index in [1.165, 1.54) is 0 Å². The first kappa shape index (κ1) is 10.7. The van der Waals surface area contributed by atoms with Crippen molar-refractivity contribution in [3.63, 3.8) is 0 Å². The number of hydrogen-bond donors (Lipinski definition) is 0. The molecular formula is C10H7F3N2O. The van der Waals surface area contributed by atoms with Crippen molar-refractivity contribution in [1.82, 2.24) is 10.1 Å². The van der Waals surface area contributed by atoms with Crippen LogP contribution in [0.1, 0.15) is 11.5 Å². The smallest absolute Gasteiger partial charge is 0.329 e. The summed E-state index contributed by atoms with van der Waals surface area (Å²) >= 11 is 0. The maximum absolute atomic E-state index is 12.2. The molecule has 0 saturated heterocycles. The summed E-state index contributed by atoms with van der Waals surface area (Å²) in [4.78, 5) is 3.31. The molecule has 0 amide bonds. The van der Waals surface area contributed by atoms with Gasteiger partial charge in [0.1, 0.15) is 0 Å². The molecule has 16 heavy (non-hydrogen) atoms. The molecule has 2 rings (SSSR count). The third-order valence-corrected chi connectivity index (χ3v) is 2.05. The highest BCUT2D eigenvalue weighted by Gasteiger charge is 2.38. The number of nitrogens with zero attached hydrogens (tertiary/aromatic N) is 2. The molecule has 1 aromatic carbocycles. The second-order valence-electron chi connectivity index (χ2n) is 3.24. The standard InChI is InChI=1S/C10H7F3N2O/c1-6-4-2-3-5-7(6)8-14-9(16-15-8)10(11,12)13/h2-5H,1H3. The molecule has 0 radical (unpaired) electrons. The summed E-state index contributed by atoms with van der Waals surface area (Å²) in [6.45, 7) is 1.76. The van der Waals surface area contributed by atoms with E-state index in [0.717, 1.165) is 5.56 Å². The van der Waals surface area contributed by atoms with Gasteiger partial charge < -0.3 is 4.52 Å². The molecule has 0 atom stereocenters. The zero-order valence-electron chi connectivity index (χ0n) is 8.25. The van der Waals surface area contributed by atoms with Gasteiger partial charge in [-0.25, -0.2) is 0 Å². The van der Waals surface area contributed by atoms with E-state index < -0.39 is 12.1 Å². The van der Waals surface area contributed by atoms with E-state index in [2.05, 4.69) is 14.7 Å². The average molecular weight is 228 g/mol. The third-order valence-electron chi connectivity index (χ3n) is 2.05. The molecule has 0 bridgehead atoms. The van der Waals surface area contributed by atoms with E-state index in [4.69, 9.17) is 0 Å². The number of halogens is 3. The van der Waals surface area contributed by atoms with Crippen molar-refractivity contribution in [3.05, 3.63) is 35.7 Å². The molecule has 0 aliphatic heterocycles. The lowest BCUT2D eigenvalue weighted by molar-refractivity contribution is -0.159. The van der Waals surface area contributed by atoms with Crippen molar-refractivity contribution in [2.45, 2.75) is 13.1 Å². The Labute approximate surface area is 88.9 Å². The van der Waals surface area contributed by atoms with Gasteiger partial charge in [-0.2, -0.15) is 18.2 Å². The molecule has 1 heterocycles. The maximum Gasteiger partial charge on any atom is 0.471 e. The second kappa shape index (κ2) is 3.62. The lowest BCUT2D eigenvalue weighted by Gasteiger charge is -1.98. The molecular weight excluding hydrogens is 221 g/mol. The summed E-state index contributed by atoms with van der Waals surface area (Å²) in [5.74, 6) is -1.38. The van der Waals surface area contributed by atoms with Crippen molar-refractivity contribution < 1.29 is 17.7 Å². The summed E-state index contributed by atoms with van der Waals surface area (Å²) in [6, 6.07) is 6.88. The fourth-order valence-electron chi connectivity index (χ4n) is 1.27. The lowest BCUT2D eigenvalue weighted by Crippen LogP contribution is -2.04. The molecule has 0 fully saturated rings. The van der Waals surface area contributed by atoms with Crippen LogP contribution in [0.2, 0.25) is 0 Å². The van der Waals surface area contributed by atoms with Crippen LogP contribution < -0.4 is 0 Å². The Morgan fingerprint density at radius 2 is 1.88 bits per heavy atom. The molecule has 3 nitrogen and oxygen atoms in total. The lowest BCUT2D eigenvalue weighted by atomic mass is 10.1. The third kappa shape index (κ3) is 1.91. The van der Waals surface area contributed by atoms with Gasteiger partial charge in [0, 0.05) is 5.56 Å². The summed E-state index contributed by atoms with van der Waals surface area (Å²) in [6.07, 6.45) is -4.60. The summed E-state index contributed by atoms with van der Waals surface area (Å²) < 4.78 is 40.8. The van der Waals surface area contributed by atoms with Crippen LogP contribution in [-0.2, 0) is 6.18 Å². The van der Waals surface area contributed by atoms with Gasteiger partial charge in [-0.3, -0.25) is 0 Å².